The molecule has 0 radical (unpaired) electrons. The van der Waals surface area contributed by atoms with Crippen LogP contribution in [-0.4, -0.2) is 39.9 Å². The van der Waals surface area contributed by atoms with Crippen LogP contribution in [0.15, 0.2) is 97.6 Å². The summed E-state index contributed by atoms with van der Waals surface area (Å²) in [6.07, 6.45) is 24.1. The Balaban J connectivity index is 1.44. The van der Waals surface area contributed by atoms with Gasteiger partial charge in [-0.2, -0.15) is 0 Å². The average molecular weight is 787 g/mol. The zero-order valence-corrected chi connectivity index (χ0v) is 34.9. The van der Waals surface area contributed by atoms with E-state index in [1.165, 1.54) is 22.3 Å². The van der Waals surface area contributed by atoms with Crippen molar-refractivity contribution < 1.29 is 0 Å². The first-order valence-electron chi connectivity index (χ1n) is 21.5. The highest BCUT2D eigenvalue weighted by Crippen LogP contribution is 2.38. The second-order valence-electron chi connectivity index (χ2n) is 15.7. The lowest BCUT2D eigenvalue weighted by Crippen LogP contribution is -1.94. The van der Waals surface area contributed by atoms with Gasteiger partial charge in [0.2, 0.25) is 0 Å². The first kappa shape index (κ1) is 38.7. The van der Waals surface area contributed by atoms with Gasteiger partial charge in [0.25, 0.3) is 0 Å². The van der Waals surface area contributed by atoms with Crippen molar-refractivity contribution in [2.75, 3.05) is 0 Å². The Morgan fingerprint density at radius 1 is 0.350 bits per heavy atom. The molecule has 7 aromatic heterocycles. The number of nitrogens with zero attached hydrogens (tertiary/aromatic N) is 6. The van der Waals surface area contributed by atoms with E-state index in [0.29, 0.717) is 0 Å². The second-order valence-corrected chi connectivity index (χ2v) is 15.7. The molecule has 0 amide bonds. The third kappa shape index (κ3) is 7.73. The fraction of sp³-hybridized carbons (Fsp3) is 0.231. The Morgan fingerprint density at radius 3 is 0.833 bits per heavy atom. The van der Waals surface area contributed by atoms with Crippen LogP contribution < -0.4 is 0 Å². The largest absolute Gasteiger partial charge is 0.354 e. The smallest absolute Gasteiger partial charge is 0.0753 e. The molecule has 0 saturated carbocycles. The minimum atomic E-state index is 0.822. The molecular weight excluding hydrogens is 737 g/mol. The standard InChI is InChI=1S/C52H50N8/c1-5-9-33-21-25-53-45(29-33)49-37-13-15-39(57-37)50(46-30-34(10-6-2)22-26-54-46)41-17-19-43(59-41)52(48-32-36(12-8-4)24-28-56-48)44-20-18-42(60-44)51(40-16-14-38(49)58-40)47-31-35(11-7-3)23-27-55-47/h13-32,57,60H,5-12H2,1-4H3. The van der Waals surface area contributed by atoms with Crippen LogP contribution in [0, 0.1) is 0 Å². The number of aromatic nitrogens is 8. The van der Waals surface area contributed by atoms with Crippen molar-refractivity contribution in [1.82, 2.24) is 39.9 Å². The van der Waals surface area contributed by atoms with Gasteiger partial charge in [0.1, 0.15) is 0 Å². The third-order valence-corrected chi connectivity index (χ3v) is 11.2. The normalized spacial score (nSPS) is 12.1. The van der Waals surface area contributed by atoms with Crippen LogP contribution in [-0.2, 0) is 25.7 Å². The van der Waals surface area contributed by atoms with E-state index in [9.17, 15) is 0 Å². The van der Waals surface area contributed by atoms with Crippen molar-refractivity contribution >= 4 is 46.4 Å². The van der Waals surface area contributed by atoms with Crippen molar-refractivity contribution in [1.29, 1.82) is 0 Å². The summed E-state index contributed by atoms with van der Waals surface area (Å²) in [5.41, 5.74) is 19.0. The van der Waals surface area contributed by atoms with Crippen LogP contribution >= 0.6 is 0 Å². The Morgan fingerprint density at radius 2 is 0.600 bits per heavy atom. The van der Waals surface area contributed by atoms with Gasteiger partial charge in [-0.3, -0.25) is 19.9 Å². The summed E-state index contributed by atoms with van der Waals surface area (Å²) in [7, 11) is 0. The minimum Gasteiger partial charge on any atom is -0.354 e. The van der Waals surface area contributed by atoms with Crippen molar-refractivity contribution in [3.63, 3.8) is 0 Å². The predicted molar refractivity (Wildman–Crippen MR) is 248 cm³/mol. The molecule has 7 aromatic rings. The number of fused-ring (bicyclic) bond motifs is 8. The lowest BCUT2D eigenvalue weighted by molar-refractivity contribution is 0.919. The number of aryl methyl sites for hydroxylation is 4. The zero-order valence-electron chi connectivity index (χ0n) is 34.9. The number of nitrogens with one attached hydrogen (secondary N) is 2. The summed E-state index contributed by atoms with van der Waals surface area (Å²) in [5.74, 6) is 0. The molecule has 0 unspecified atom stereocenters. The molecule has 8 heteroatoms. The lowest BCUT2D eigenvalue weighted by atomic mass is 10.0. The van der Waals surface area contributed by atoms with E-state index in [-0.39, 0.29) is 0 Å². The number of hydrogen-bond donors (Lipinski definition) is 2. The quantitative estimate of drug-likeness (QED) is 0.128. The molecule has 0 atom stereocenters. The average Bonchev–Trinajstić information content (AvgIpc) is 4.10. The summed E-state index contributed by atoms with van der Waals surface area (Å²) in [4.78, 5) is 38.5. The molecule has 0 aromatic carbocycles. The van der Waals surface area contributed by atoms with Crippen LogP contribution in [0.4, 0.5) is 0 Å². The first-order valence-corrected chi connectivity index (χ1v) is 21.5. The molecule has 2 aliphatic heterocycles. The van der Waals surface area contributed by atoms with E-state index in [1.54, 1.807) is 0 Å². The first-order chi connectivity index (χ1) is 29.5. The number of rotatable bonds is 12. The molecule has 9 rings (SSSR count). The maximum absolute atomic E-state index is 5.46. The third-order valence-electron chi connectivity index (χ3n) is 11.2. The van der Waals surface area contributed by atoms with Gasteiger partial charge in [0.05, 0.1) is 67.6 Å². The van der Waals surface area contributed by atoms with Gasteiger partial charge in [0, 0.05) is 47.0 Å². The predicted octanol–water partition coefficient (Wildman–Crippen LogP) is 12.7. The minimum absolute atomic E-state index is 0.822. The van der Waals surface area contributed by atoms with Crippen molar-refractivity contribution in [3.05, 3.63) is 143 Å². The topological polar surface area (TPSA) is 109 Å². The molecule has 60 heavy (non-hydrogen) atoms. The van der Waals surface area contributed by atoms with Crippen LogP contribution in [0.1, 0.15) is 98.4 Å². The Labute approximate surface area is 351 Å². The van der Waals surface area contributed by atoms with Gasteiger partial charge in [-0.15, -0.1) is 0 Å². The van der Waals surface area contributed by atoms with Crippen LogP contribution in [0.3, 0.4) is 0 Å². The highest BCUT2D eigenvalue weighted by Gasteiger charge is 2.21. The zero-order chi connectivity index (χ0) is 41.0. The maximum Gasteiger partial charge on any atom is 0.0753 e. The maximum atomic E-state index is 5.46. The molecule has 0 spiro atoms. The van der Waals surface area contributed by atoms with E-state index in [2.05, 4.69) is 135 Å². The van der Waals surface area contributed by atoms with Gasteiger partial charge in [-0.05, 0) is 145 Å². The van der Waals surface area contributed by atoms with Crippen molar-refractivity contribution in [2.45, 2.75) is 79.1 Å². The highest BCUT2D eigenvalue weighted by atomic mass is 14.8. The van der Waals surface area contributed by atoms with Crippen LogP contribution in [0.25, 0.3) is 91.4 Å². The molecule has 0 aliphatic carbocycles. The van der Waals surface area contributed by atoms with Crippen molar-refractivity contribution in [3.8, 4) is 45.0 Å². The monoisotopic (exact) mass is 786 g/mol. The van der Waals surface area contributed by atoms with Gasteiger partial charge in [-0.25, -0.2) is 9.97 Å². The molecule has 2 N–H and O–H groups in total. The van der Waals surface area contributed by atoms with E-state index < -0.39 is 0 Å². The van der Waals surface area contributed by atoms with Crippen molar-refractivity contribution in [2.24, 2.45) is 0 Å². The summed E-state index contributed by atoms with van der Waals surface area (Å²) in [5, 5.41) is 0. The number of H-pyrrole nitrogens is 2. The number of pyridine rings is 4. The molecule has 9 heterocycles. The fourth-order valence-corrected chi connectivity index (χ4v) is 8.50. The highest BCUT2D eigenvalue weighted by molar-refractivity contribution is 5.98. The van der Waals surface area contributed by atoms with E-state index in [1.807, 2.05) is 24.8 Å². The number of aromatic amines is 2. The van der Waals surface area contributed by atoms with Gasteiger partial charge >= 0.3 is 0 Å². The summed E-state index contributed by atoms with van der Waals surface area (Å²) < 4.78 is 0. The molecular formula is C52H50N8. The fourth-order valence-electron chi connectivity index (χ4n) is 8.50. The molecule has 0 saturated heterocycles. The van der Waals surface area contributed by atoms with E-state index in [0.717, 1.165) is 141 Å². The SMILES string of the molecule is CCCc1ccnc(-c2c3nc(c(-c4cc(CCC)ccn4)c4ccc([nH]4)c(-c4cc(CCC)ccn4)c4nc(c(-c5cc(CCC)ccn5)c5ccc2[nH]5)C=C4)C=C3)c1. The Bertz CT molecular complexity index is 2560. The Hall–Kier alpha value is -6.80. The van der Waals surface area contributed by atoms with Gasteiger partial charge in [-0.1, -0.05) is 53.4 Å². The lowest BCUT2D eigenvalue weighted by Gasteiger charge is -2.08. The van der Waals surface area contributed by atoms with E-state index in [4.69, 9.17) is 29.9 Å². The molecule has 0 fully saturated rings. The van der Waals surface area contributed by atoms with Gasteiger partial charge in [0.15, 0.2) is 0 Å². The summed E-state index contributed by atoms with van der Waals surface area (Å²) in [6, 6.07) is 25.8. The molecule has 8 bridgehead atoms. The van der Waals surface area contributed by atoms with Crippen LogP contribution in [0.5, 0.6) is 0 Å². The van der Waals surface area contributed by atoms with Crippen LogP contribution in [0.2, 0.25) is 0 Å². The molecule has 298 valence electrons. The van der Waals surface area contributed by atoms with E-state index >= 15 is 0 Å². The molecule has 8 nitrogen and oxygen atoms in total. The van der Waals surface area contributed by atoms with Gasteiger partial charge < -0.3 is 9.97 Å². The summed E-state index contributed by atoms with van der Waals surface area (Å²) in [6.45, 7) is 8.83. The number of hydrogen-bond acceptors (Lipinski definition) is 6. The Kier molecular flexibility index (Phi) is 11.1. The molecule has 2 aliphatic rings. The second kappa shape index (κ2) is 17.2. The summed E-state index contributed by atoms with van der Waals surface area (Å²) >= 11 is 0.